The maximum Gasteiger partial charge on any atom is 0.338 e. The van der Waals surface area contributed by atoms with Gasteiger partial charge < -0.3 is 4.90 Å². The number of rotatable bonds is 4. The largest absolute Gasteiger partial charge is 0.338 e. The van der Waals surface area contributed by atoms with Crippen LogP contribution in [0, 0.1) is 5.92 Å². The molecule has 1 saturated carbocycles. The molecule has 1 N–H and O–H groups in total. The molecule has 1 saturated heterocycles. The van der Waals surface area contributed by atoms with Crippen molar-refractivity contribution in [1.82, 2.24) is 9.80 Å². The minimum absolute atomic E-state index is 0.136. The van der Waals surface area contributed by atoms with Crippen molar-refractivity contribution >= 4 is 23.4 Å². The summed E-state index contributed by atoms with van der Waals surface area (Å²) in [6.07, 6.45) is 7.01. The fourth-order valence-electron chi connectivity index (χ4n) is 4.70. The number of benzene rings is 1. The summed E-state index contributed by atoms with van der Waals surface area (Å²) in [5.41, 5.74) is 2.53. The van der Waals surface area contributed by atoms with Gasteiger partial charge in [-0.1, -0.05) is 50.1 Å². The van der Waals surface area contributed by atoms with Gasteiger partial charge in [0.2, 0.25) is 0 Å². The number of nitrogens with one attached hydrogen (secondary N) is 1. The van der Waals surface area contributed by atoms with Crippen LogP contribution >= 0.6 is 0 Å². The maximum atomic E-state index is 12.9. The predicted octanol–water partition coefficient (Wildman–Crippen LogP) is 1.69. The summed E-state index contributed by atoms with van der Waals surface area (Å²) in [6.45, 7) is 3.92. The molecule has 0 spiro atoms. The average molecular weight is 382 g/mol. The first-order chi connectivity index (χ1) is 13.6. The van der Waals surface area contributed by atoms with E-state index in [0.717, 1.165) is 50.1 Å². The van der Waals surface area contributed by atoms with Crippen molar-refractivity contribution in [2.24, 2.45) is 5.92 Å². The highest BCUT2D eigenvalue weighted by Crippen LogP contribution is 2.31. The van der Waals surface area contributed by atoms with Crippen molar-refractivity contribution in [3.63, 3.8) is 0 Å². The number of nitrogens with zero attached hydrogens (tertiary/aromatic N) is 2. The first-order valence-electron chi connectivity index (χ1n) is 10.3. The summed E-state index contributed by atoms with van der Waals surface area (Å²) in [7, 11) is 0. The molecule has 1 aliphatic carbocycles. The maximum absolute atomic E-state index is 12.9. The highest BCUT2D eigenvalue weighted by Gasteiger charge is 2.50. The van der Waals surface area contributed by atoms with Gasteiger partial charge in [0.1, 0.15) is 0 Å². The molecule has 0 aromatic heterocycles. The molecule has 3 aliphatic rings. The molecule has 1 aromatic rings. The minimum Gasteiger partial charge on any atom is -0.314 e. The van der Waals surface area contributed by atoms with E-state index in [1.807, 2.05) is 18.2 Å². The fourth-order valence-corrected chi connectivity index (χ4v) is 4.70. The molecule has 1 unspecified atom stereocenters. The monoisotopic (exact) mass is 382 g/mol. The quantitative estimate of drug-likeness (QED) is 0.637. The lowest BCUT2D eigenvalue weighted by Crippen LogP contribution is -3.14. The van der Waals surface area contributed by atoms with Gasteiger partial charge in [-0.3, -0.25) is 14.5 Å². The van der Waals surface area contributed by atoms with Crippen LogP contribution in [0.4, 0.5) is 4.79 Å². The Balaban J connectivity index is 1.42. The van der Waals surface area contributed by atoms with E-state index in [1.165, 1.54) is 20.9 Å². The lowest BCUT2D eigenvalue weighted by molar-refractivity contribution is -0.902. The highest BCUT2D eigenvalue weighted by atomic mass is 16.2. The third kappa shape index (κ3) is 3.49. The Morgan fingerprint density at radius 2 is 1.79 bits per heavy atom. The molecule has 28 heavy (non-hydrogen) atoms. The zero-order chi connectivity index (χ0) is 19.7. The second-order valence-corrected chi connectivity index (χ2v) is 8.23. The van der Waals surface area contributed by atoms with Crippen LogP contribution in [0.3, 0.4) is 0 Å². The molecule has 4 amide bonds. The number of urea groups is 1. The lowest BCUT2D eigenvalue weighted by Gasteiger charge is -2.34. The summed E-state index contributed by atoms with van der Waals surface area (Å²) in [6, 6.07) is 9.72. The summed E-state index contributed by atoms with van der Waals surface area (Å²) in [4.78, 5) is 41.5. The number of amides is 4. The van der Waals surface area contributed by atoms with E-state index in [2.05, 4.69) is 25.1 Å². The third-order valence-electron chi connectivity index (χ3n) is 6.39. The molecule has 1 aromatic carbocycles. The fraction of sp³-hybridized carbons (Fsp3) is 0.500. The molecule has 0 bridgehead atoms. The first kappa shape index (κ1) is 18.9. The molecule has 6 heteroatoms. The standard InChI is InChI=1S/C22H27N3O3/c1-16-7-5-6-10-19(16)25-21(27)20(26)24(22(25)28)15-23-13-11-18(12-14-23)17-8-3-2-4-9-17/h2-4,8-9,11,16,19H,5-7,10,12-15H2,1H3/p+1/t16-,19-/m1/s1. The third-order valence-corrected chi connectivity index (χ3v) is 6.39. The van der Waals surface area contributed by atoms with E-state index >= 15 is 0 Å². The van der Waals surface area contributed by atoms with E-state index in [0.29, 0.717) is 0 Å². The van der Waals surface area contributed by atoms with Gasteiger partial charge in [-0.15, -0.1) is 0 Å². The van der Waals surface area contributed by atoms with E-state index in [9.17, 15) is 14.4 Å². The molecule has 6 nitrogen and oxygen atoms in total. The molecule has 148 valence electrons. The SMILES string of the molecule is C[C@@H]1CCCC[C@H]1N1C(=O)C(=O)N(C[NH+]2CC=C(c3ccccc3)CC2)C1=O. The Labute approximate surface area is 165 Å². The number of carbonyl (C=O) groups is 3. The zero-order valence-corrected chi connectivity index (χ0v) is 16.4. The number of hydrogen-bond donors (Lipinski definition) is 1. The van der Waals surface area contributed by atoms with E-state index in [-0.39, 0.29) is 18.6 Å². The van der Waals surface area contributed by atoms with Crippen LogP contribution in [-0.2, 0) is 9.59 Å². The Morgan fingerprint density at radius 1 is 1.04 bits per heavy atom. The van der Waals surface area contributed by atoms with Gasteiger partial charge in [0.15, 0.2) is 6.67 Å². The molecule has 2 aliphatic heterocycles. The van der Waals surface area contributed by atoms with E-state index in [1.54, 1.807) is 0 Å². The van der Waals surface area contributed by atoms with Crippen molar-refractivity contribution in [1.29, 1.82) is 0 Å². The van der Waals surface area contributed by atoms with Crippen molar-refractivity contribution in [3.8, 4) is 0 Å². The predicted molar refractivity (Wildman–Crippen MR) is 105 cm³/mol. The lowest BCUT2D eigenvalue weighted by atomic mass is 9.85. The van der Waals surface area contributed by atoms with Crippen LogP contribution in [-0.4, -0.2) is 53.4 Å². The van der Waals surface area contributed by atoms with Crippen molar-refractivity contribution < 1.29 is 19.3 Å². The summed E-state index contributed by atoms with van der Waals surface area (Å²) < 4.78 is 0. The van der Waals surface area contributed by atoms with Gasteiger partial charge in [-0.05, 0) is 36.0 Å². The van der Waals surface area contributed by atoms with Crippen molar-refractivity contribution in [2.45, 2.75) is 45.1 Å². The van der Waals surface area contributed by atoms with Gasteiger partial charge in [-0.2, -0.15) is 0 Å². The van der Waals surface area contributed by atoms with Gasteiger partial charge in [-0.25, -0.2) is 9.69 Å². The molecule has 0 radical (unpaired) electrons. The van der Waals surface area contributed by atoms with Crippen LogP contribution in [0.1, 0.15) is 44.6 Å². The molecule has 2 heterocycles. The normalized spacial score (nSPS) is 28.7. The van der Waals surface area contributed by atoms with Gasteiger partial charge >= 0.3 is 17.8 Å². The molecular formula is C22H28N3O3+. The van der Waals surface area contributed by atoms with Crippen LogP contribution < -0.4 is 4.90 Å². The Bertz CT molecular complexity index is 805. The molecule has 3 atom stereocenters. The van der Waals surface area contributed by atoms with E-state index in [4.69, 9.17) is 0 Å². The molecular weight excluding hydrogens is 354 g/mol. The number of carbonyl (C=O) groups excluding carboxylic acids is 3. The van der Waals surface area contributed by atoms with Crippen molar-refractivity contribution in [3.05, 3.63) is 42.0 Å². The zero-order valence-electron chi connectivity index (χ0n) is 16.4. The Morgan fingerprint density at radius 3 is 2.46 bits per heavy atom. The second-order valence-electron chi connectivity index (χ2n) is 8.23. The summed E-state index contributed by atoms with van der Waals surface area (Å²) >= 11 is 0. The van der Waals surface area contributed by atoms with Crippen LogP contribution in [0.2, 0.25) is 0 Å². The van der Waals surface area contributed by atoms with Gasteiger partial charge in [0.25, 0.3) is 0 Å². The average Bonchev–Trinajstić information content (AvgIpc) is 2.93. The Hall–Kier alpha value is -2.47. The summed E-state index contributed by atoms with van der Waals surface area (Å²) in [5.74, 6) is -1.04. The molecule has 4 rings (SSSR count). The second kappa shape index (κ2) is 7.87. The number of imide groups is 2. The summed E-state index contributed by atoms with van der Waals surface area (Å²) in [5, 5.41) is 0. The number of quaternary nitrogens is 1. The smallest absolute Gasteiger partial charge is 0.314 e. The van der Waals surface area contributed by atoms with Crippen LogP contribution in [0.5, 0.6) is 0 Å². The van der Waals surface area contributed by atoms with Crippen LogP contribution in [0.15, 0.2) is 36.4 Å². The van der Waals surface area contributed by atoms with E-state index < -0.39 is 17.8 Å². The first-order valence-corrected chi connectivity index (χ1v) is 10.3. The minimum atomic E-state index is -0.659. The Kier molecular flexibility index (Phi) is 5.31. The molecule has 2 fully saturated rings. The van der Waals surface area contributed by atoms with Gasteiger partial charge in [0, 0.05) is 12.5 Å². The van der Waals surface area contributed by atoms with Gasteiger partial charge in [0.05, 0.1) is 13.1 Å². The topological polar surface area (TPSA) is 62.1 Å². The highest BCUT2D eigenvalue weighted by molar-refractivity contribution is 6.44. The van der Waals surface area contributed by atoms with Crippen LogP contribution in [0.25, 0.3) is 5.57 Å². The number of hydrogen-bond acceptors (Lipinski definition) is 3. The van der Waals surface area contributed by atoms with Crippen molar-refractivity contribution in [2.75, 3.05) is 19.8 Å².